The van der Waals surface area contributed by atoms with Gasteiger partial charge in [0.05, 0.1) is 12.0 Å². The van der Waals surface area contributed by atoms with Crippen LogP contribution in [0.1, 0.15) is 26.7 Å². The van der Waals surface area contributed by atoms with Gasteiger partial charge in [-0.3, -0.25) is 4.79 Å². The Kier molecular flexibility index (Phi) is 2.85. The van der Waals surface area contributed by atoms with E-state index in [0.717, 1.165) is 6.42 Å². The standard InChI is InChI=1S/C9H17NO2/c1-5(2)3-7(10)9(12)6-4-8(6)11/h5-7,9,12H,3-4,10H2,1-2H3/t6?,7-,9-/m0/s1. The molecule has 1 aliphatic rings. The molecule has 3 heteroatoms. The minimum absolute atomic E-state index is 0.154. The number of hydrogen-bond acceptors (Lipinski definition) is 3. The van der Waals surface area contributed by atoms with Gasteiger partial charge < -0.3 is 10.8 Å². The van der Waals surface area contributed by atoms with Gasteiger partial charge in [-0.15, -0.1) is 0 Å². The first-order chi connectivity index (χ1) is 5.52. The summed E-state index contributed by atoms with van der Waals surface area (Å²) in [5.74, 6) is 0.476. The van der Waals surface area contributed by atoms with Crippen LogP contribution in [0.3, 0.4) is 0 Å². The second-order valence-corrected chi connectivity index (χ2v) is 4.06. The molecule has 0 aromatic carbocycles. The van der Waals surface area contributed by atoms with Crippen molar-refractivity contribution in [3.8, 4) is 0 Å². The number of carbonyl (C=O) groups excluding carboxylic acids is 1. The Morgan fingerprint density at radius 2 is 2.17 bits per heavy atom. The minimum Gasteiger partial charge on any atom is -0.391 e. The van der Waals surface area contributed by atoms with Crippen LogP contribution in [0.5, 0.6) is 0 Å². The van der Waals surface area contributed by atoms with Gasteiger partial charge in [0.2, 0.25) is 0 Å². The molecular weight excluding hydrogens is 154 g/mol. The van der Waals surface area contributed by atoms with Gasteiger partial charge in [-0.25, -0.2) is 0 Å². The fraction of sp³-hybridized carbons (Fsp3) is 0.889. The van der Waals surface area contributed by atoms with Gasteiger partial charge in [-0.2, -0.15) is 0 Å². The Labute approximate surface area is 72.9 Å². The van der Waals surface area contributed by atoms with Gasteiger partial charge in [-0.05, 0) is 12.3 Å². The van der Waals surface area contributed by atoms with Crippen molar-refractivity contribution in [2.45, 2.75) is 38.8 Å². The Morgan fingerprint density at radius 3 is 2.50 bits per heavy atom. The van der Waals surface area contributed by atoms with Gasteiger partial charge >= 0.3 is 0 Å². The highest BCUT2D eigenvalue weighted by molar-refractivity contribution is 5.96. The quantitative estimate of drug-likeness (QED) is 0.640. The van der Waals surface area contributed by atoms with Crippen LogP contribution < -0.4 is 5.73 Å². The van der Waals surface area contributed by atoms with Crippen LogP contribution in [0, 0.1) is 11.8 Å². The van der Waals surface area contributed by atoms with Crippen molar-refractivity contribution >= 4 is 5.78 Å². The SMILES string of the molecule is CC(C)C[C@H](N)[C@@H](O)C1CC1=O. The average molecular weight is 171 g/mol. The Hall–Kier alpha value is -0.410. The molecule has 70 valence electrons. The second kappa shape index (κ2) is 3.54. The van der Waals surface area contributed by atoms with Crippen molar-refractivity contribution in [1.29, 1.82) is 0 Å². The number of hydrogen-bond donors (Lipinski definition) is 2. The van der Waals surface area contributed by atoms with Crippen LogP contribution in [0.2, 0.25) is 0 Å². The van der Waals surface area contributed by atoms with Crippen LogP contribution >= 0.6 is 0 Å². The van der Waals surface area contributed by atoms with Crippen LogP contribution in [-0.4, -0.2) is 23.0 Å². The number of Topliss-reactive ketones (excluding diaryl/α,β-unsaturated/α-hetero) is 1. The van der Waals surface area contributed by atoms with E-state index in [-0.39, 0.29) is 17.7 Å². The minimum atomic E-state index is -0.611. The summed E-state index contributed by atoms with van der Waals surface area (Å²) in [6, 6.07) is -0.235. The fourth-order valence-electron chi connectivity index (χ4n) is 1.45. The Bertz CT molecular complexity index is 179. The molecule has 0 spiro atoms. The third-order valence-electron chi connectivity index (χ3n) is 2.27. The summed E-state index contributed by atoms with van der Waals surface area (Å²) in [6.07, 6.45) is 0.692. The molecule has 1 unspecified atom stereocenters. The van der Waals surface area contributed by atoms with Crippen molar-refractivity contribution in [3.05, 3.63) is 0 Å². The van der Waals surface area contributed by atoms with Crippen molar-refractivity contribution in [1.82, 2.24) is 0 Å². The van der Waals surface area contributed by atoms with E-state index in [9.17, 15) is 9.90 Å². The molecule has 0 heterocycles. The van der Waals surface area contributed by atoms with Crippen molar-refractivity contribution < 1.29 is 9.90 Å². The number of rotatable bonds is 4. The van der Waals surface area contributed by atoms with E-state index in [4.69, 9.17) is 5.73 Å². The maximum atomic E-state index is 10.7. The zero-order valence-corrected chi connectivity index (χ0v) is 7.66. The highest BCUT2D eigenvalue weighted by Crippen LogP contribution is 2.30. The van der Waals surface area contributed by atoms with Gasteiger partial charge in [-0.1, -0.05) is 13.8 Å². The zero-order valence-electron chi connectivity index (χ0n) is 7.66. The lowest BCUT2D eigenvalue weighted by Gasteiger charge is -2.19. The Morgan fingerprint density at radius 1 is 1.67 bits per heavy atom. The van der Waals surface area contributed by atoms with E-state index in [0.29, 0.717) is 12.3 Å². The van der Waals surface area contributed by atoms with E-state index in [1.165, 1.54) is 0 Å². The molecule has 1 aliphatic carbocycles. The van der Waals surface area contributed by atoms with E-state index in [2.05, 4.69) is 13.8 Å². The third-order valence-corrected chi connectivity index (χ3v) is 2.27. The molecule has 3 nitrogen and oxygen atoms in total. The first-order valence-corrected chi connectivity index (χ1v) is 4.48. The van der Waals surface area contributed by atoms with E-state index < -0.39 is 6.10 Å². The molecular formula is C9H17NO2. The van der Waals surface area contributed by atoms with E-state index >= 15 is 0 Å². The highest BCUT2D eigenvalue weighted by atomic mass is 16.3. The number of aliphatic hydroxyl groups excluding tert-OH is 1. The molecule has 1 fully saturated rings. The molecule has 1 rings (SSSR count). The normalized spacial score (nSPS) is 27.4. The topological polar surface area (TPSA) is 63.3 Å². The number of carbonyl (C=O) groups is 1. The lowest BCUT2D eigenvalue weighted by atomic mass is 9.97. The predicted octanol–water partition coefficient (Wildman–Crippen LogP) is 0.310. The number of aliphatic hydroxyl groups is 1. The molecule has 0 aromatic heterocycles. The summed E-state index contributed by atoms with van der Waals surface area (Å²) >= 11 is 0. The van der Waals surface area contributed by atoms with Crippen LogP contribution in [-0.2, 0) is 4.79 Å². The first kappa shape index (κ1) is 9.68. The Balaban J connectivity index is 2.31. The summed E-state index contributed by atoms with van der Waals surface area (Å²) < 4.78 is 0. The number of ketones is 1. The predicted molar refractivity (Wildman–Crippen MR) is 46.6 cm³/mol. The summed E-state index contributed by atoms with van der Waals surface area (Å²) in [6.45, 7) is 4.11. The summed E-state index contributed by atoms with van der Waals surface area (Å²) in [7, 11) is 0. The fourth-order valence-corrected chi connectivity index (χ4v) is 1.45. The molecule has 0 radical (unpaired) electrons. The van der Waals surface area contributed by atoms with Crippen molar-refractivity contribution in [2.24, 2.45) is 17.6 Å². The molecule has 12 heavy (non-hydrogen) atoms. The molecule has 3 N–H and O–H groups in total. The molecule has 3 atom stereocenters. The van der Waals surface area contributed by atoms with Crippen molar-refractivity contribution in [2.75, 3.05) is 0 Å². The van der Waals surface area contributed by atoms with Crippen LogP contribution in [0.15, 0.2) is 0 Å². The lowest BCUT2D eigenvalue weighted by Crippen LogP contribution is -2.37. The first-order valence-electron chi connectivity index (χ1n) is 4.48. The van der Waals surface area contributed by atoms with Crippen LogP contribution in [0.25, 0.3) is 0 Å². The van der Waals surface area contributed by atoms with Gasteiger partial charge in [0, 0.05) is 12.5 Å². The largest absolute Gasteiger partial charge is 0.391 e. The average Bonchev–Trinajstić information content (AvgIpc) is 2.64. The maximum Gasteiger partial charge on any atom is 0.139 e. The summed E-state index contributed by atoms with van der Waals surface area (Å²) in [5.41, 5.74) is 5.72. The maximum absolute atomic E-state index is 10.7. The molecule has 0 saturated heterocycles. The second-order valence-electron chi connectivity index (χ2n) is 4.06. The summed E-state index contributed by atoms with van der Waals surface area (Å²) in [5, 5.41) is 9.53. The number of nitrogens with two attached hydrogens (primary N) is 1. The van der Waals surface area contributed by atoms with Gasteiger partial charge in [0.15, 0.2) is 0 Å². The smallest absolute Gasteiger partial charge is 0.139 e. The monoisotopic (exact) mass is 171 g/mol. The van der Waals surface area contributed by atoms with Gasteiger partial charge in [0.1, 0.15) is 5.78 Å². The van der Waals surface area contributed by atoms with E-state index in [1.807, 2.05) is 0 Å². The summed E-state index contributed by atoms with van der Waals surface area (Å²) in [4.78, 5) is 10.7. The lowest BCUT2D eigenvalue weighted by molar-refractivity contribution is -0.112. The van der Waals surface area contributed by atoms with Gasteiger partial charge in [0.25, 0.3) is 0 Å². The van der Waals surface area contributed by atoms with Crippen molar-refractivity contribution in [3.63, 3.8) is 0 Å². The third kappa shape index (κ3) is 2.29. The van der Waals surface area contributed by atoms with Crippen LogP contribution in [0.4, 0.5) is 0 Å². The molecule has 0 aliphatic heterocycles. The molecule has 0 aromatic rings. The molecule has 1 saturated carbocycles. The molecule has 0 bridgehead atoms. The van der Waals surface area contributed by atoms with E-state index in [1.54, 1.807) is 0 Å². The highest BCUT2D eigenvalue weighted by Gasteiger charge is 2.43. The molecule has 0 amide bonds. The zero-order chi connectivity index (χ0) is 9.30.